The van der Waals surface area contributed by atoms with Crippen LogP contribution in [0, 0.1) is 0 Å². The minimum Gasteiger partial charge on any atom is -0.360 e. The van der Waals surface area contributed by atoms with Crippen molar-refractivity contribution >= 4 is 18.2 Å². The summed E-state index contributed by atoms with van der Waals surface area (Å²) in [6.45, 7) is 2.25. The molecule has 0 amide bonds. The van der Waals surface area contributed by atoms with Crippen molar-refractivity contribution in [3.63, 3.8) is 0 Å². The standard InChI is InChI=1S/C14H17BNO/c1-10-11-6-2-3-7-12(11)15-16(10)13-8-4-5-9-14(13)17-15/h2-3,6-7,13-14H,4-5,8-9H2,1H3/q+1/t13-,14+/m0/s1. The number of benzene rings is 1. The molecule has 0 unspecified atom stereocenters. The van der Waals surface area contributed by atoms with Gasteiger partial charge in [0.15, 0.2) is 11.8 Å². The molecule has 0 radical (unpaired) electrons. The molecule has 1 aliphatic carbocycles. The van der Waals surface area contributed by atoms with Gasteiger partial charge in [-0.2, -0.15) is 0 Å². The summed E-state index contributed by atoms with van der Waals surface area (Å²) in [5.41, 5.74) is 4.18. The molecule has 0 aromatic heterocycles. The van der Waals surface area contributed by atoms with Crippen molar-refractivity contribution in [2.45, 2.75) is 44.8 Å². The largest absolute Gasteiger partial charge is 0.693 e. The summed E-state index contributed by atoms with van der Waals surface area (Å²) in [6, 6.07) is 9.33. The Bertz CT molecular complexity index is 511. The lowest BCUT2D eigenvalue weighted by Gasteiger charge is -2.21. The number of rotatable bonds is 0. The fourth-order valence-electron chi connectivity index (χ4n) is 3.79. The molecule has 17 heavy (non-hydrogen) atoms. The Morgan fingerprint density at radius 2 is 2.06 bits per heavy atom. The first-order chi connectivity index (χ1) is 8.36. The molecule has 1 aromatic rings. The molecule has 4 rings (SSSR count). The predicted molar refractivity (Wildman–Crippen MR) is 69.0 cm³/mol. The van der Waals surface area contributed by atoms with Crippen LogP contribution in [0.3, 0.4) is 0 Å². The van der Waals surface area contributed by atoms with Crippen LogP contribution in [0.15, 0.2) is 24.3 Å². The molecule has 3 heteroatoms. The molecule has 3 aliphatic rings. The summed E-state index contributed by atoms with van der Waals surface area (Å²) in [5, 5.41) is 0. The number of hydrogen-bond donors (Lipinski definition) is 0. The van der Waals surface area contributed by atoms with Crippen molar-refractivity contribution in [1.29, 1.82) is 0 Å². The molecule has 1 saturated heterocycles. The quantitative estimate of drug-likeness (QED) is 0.611. The van der Waals surface area contributed by atoms with Gasteiger partial charge in [0.05, 0.1) is 0 Å². The zero-order chi connectivity index (χ0) is 11.4. The van der Waals surface area contributed by atoms with Crippen LogP contribution in [0.1, 0.15) is 38.2 Å². The molecule has 2 aliphatic heterocycles. The van der Waals surface area contributed by atoms with Crippen molar-refractivity contribution in [1.82, 2.24) is 0 Å². The van der Waals surface area contributed by atoms with E-state index in [4.69, 9.17) is 4.65 Å². The molecule has 0 N–H and O–H groups in total. The fraction of sp³-hybridized carbons (Fsp3) is 0.500. The maximum Gasteiger partial charge on any atom is 0.693 e. The average molecular weight is 226 g/mol. The second kappa shape index (κ2) is 3.45. The monoisotopic (exact) mass is 226 g/mol. The van der Waals surface area contributed by atoms with E-state index in [1.807, 2.05) is 0 Å². The molecular formula is C14H17BNO+. The summed E-state index contributed by atoms with van der Waals surface area (Å²) >= 11 is 0. The Morgan fingerprint density at radius 3 is 3.00 bits per heavy atom. The van der Waals surface area contributed by atoms with E-state index in [9.17, 15) is 0 Å². The van der Waals surface area contributed by atoms with Gasteiger partial charge in [-0.15, -0.1) is 0 Å². The van der Waals surface area contributed by atoms with Crippen molar-refractivity contribution in [2.75, 3.05) is 0 Å². The first-order valence-corrected chi connectivity index (χ1v) is 6.73. The lowest BCUT2D eigenvalue weighted by Crippen LogP contribution is -2.38. The third-order valence-corrected chi connectivity index (χ3v) is 4.59. The average Bonchev–Trinajstić information content (AvgIpc) is 2.88. The molecule has 1 aromatic carbocycles. The van der Waals surface area contributed by atoms with Crippen LogP contribution in [0.4, 0.5) is 0 Å². The normalized spacial score (nSPS) is 30.3. The zero-order valence-corrected chi connectivity index (χ0v) is 10.2. The van der Waals surface area contributed by atoms with E-state index in [1.165, 1.54) is 42.4 Å². The Balaban J connectivity index is 1.84. The molecule has 1 saturated carbocycles. The van der Waals surface area contributed by atoms with E-state index < -0.39 is 0 Å². The topological polar surface area (TPSA) is 12.2 Å². The maximum absolute atomic E-state index is 6.29. The van der Waals surface area contributed by atoms with E-state index in [0.717, 1.165) is 0 Å². The summed E-state index contributed by atoms with van der Waals surface area (Å²) in [4.78, 5) is 0. The van der Waals surface area contributed by atoms with Crippen LogP contribution < -0.4 is 5.46 Å². The smallest absolute Gasteiger partial charge is 0.360 e. The van der Waals surface area contributed by atoms with Gasteiger partial charge < -0.3 is 4.65 Å². The van der Waals surface area contributed by atoms with E-state index in [1.54, 1.807) is 0 Å². The molecule has 0 spiro atoms. The summed E-state index contributed by atoms with van der Waals surface area (Å²) in [6.07, 6.45) is 5.71. The highest BCUT2D eigenvalue weighted by molar-refractivity contribution is 6.65. The zero-order valence-electron chi connectivity index (χ0n) is 10.2. The lowest BCUT2D eigenvalue weighted by molar-refractivity contribution is -0.427. The van der Waals surface area contributed by atoms with Crippen molar-refractivity contribution in [3.05, 3.63) is 29.8 Å². The fourth-order valence-corrected chi connectivity index (χ4v) is 3.79. The van der Waals surface area contributed by atoms with Gasteiger partial charge >= 0.3 is 7.05 Å². The highest BCUT2D eigenvalue weighted by Crippen LogP contribution is 2.32. The summed E-state index contributed by atoms with van der Waals surface area (Å²) < 4.78 is 8.83. The molecular weight excluding hydrogens is 209 g/mol. The van der Waals surface area contributed by atoms with Gasteiger partial charge in [0.25, 0.3) is 0 Å². The van der Waals surface area contributed by atoms with Crippen LogP contribution in [-0.2, 0) is 4.65 Å². The minimum absolute atomic E-state index is 0.208. The second-order valence-electron chi connectivity index (χ2n) is 5.46. The highest BCUT2D eigenvalue weighted by Gasteiger charge is 2.58. The molecule has 2 fully saturated rings. The minimum atomic E-state index is 0.208. The second-order valence-corrected chi connectivity index (χ2v) is 5.46. The Labute approximate surface area is 102 Å². The number of hydrogen-bond acceptors (Lipinski definition) is 1. The Kier molecular flexibility index (Phi) is 2.01. The summed E-state index contributed by atoms with van der Waals surface area (Å²) in [5.74, 6) is 0. The lowest BCUT2D eigenvalue weighted by atomic mass is 9.74. The third-order valence-electron chi connectivity index (χ3n) is 4.59. The van der Waals surface area contributed by atoms with Crippen molar-refractivity contribution in [3.8, 4) is 0 Å². The van der Waals surface area contributed by atoms with E-state index in [-0.39, 0.29) is 7.05 Å². The van der Waals surface area contributed by atoms with Gasteiger partial charge in [-0.1, -0.05) is 24.6 Å². The van der Waals surface area contributed by atoms with Gasteiger partial charge in [-0.25, -0.2) is 0 Å². The van der Waals surface area contributed by atoms with Crippen molar-refractivity contribution < 1.29 is 9.14 Å². The number of nitrogens with zero attached hydrogens (tertiary/aromatic N) is 1. The van der Waals surface area contributed by atoms with Crippen LogP contribution in [0.2, 0.25) is 0 Å². The van der Waals surface area contributed by atoms with E-state index >= 15 is 0 Å². The molecule has 2 heterocycles. The van der Waals surface area contributed by atoms with Crippen LogP contribution in [0.25, 0.3) is 0 Å². The summed E-state index contributed by atoms with van der Waals surface area (Å²) in [7, 11) is 0.208. The first kappa shape index (κ1) is 9.90. The highest BCUT2D eigenvalue weighted by atomic mass is 16.5. The number of fused-ring (bicyclic) bond motifs is 5. The predicted octanol–water partition coefficient (Wildman–Crippen LogP) is 1.56. The first-order valence-electron chi connectivity index (χ1n) is 6.73. The van der Waals surface area contributed by atoms with Crippen LogP contribution in [-0.4, -0.2) is 29.4 Å². The third kappa shape index (κ3) is 1.23. The van der Waals surface area contributed by atoms with Gasteiger partial charge in [0.1, 0.15) is 6.10 Å². The molecule has 0 bridgehead atoms. The Morgan fingerprint density at radius 1 is 1.24 bits per heavy atom. The maximum atomic E-state index is 6.29. The van der Waals surface area contributed by atoms with E-state index in [0.29, 0.717) is 12.1 Å². The molecule has 2 nitrogen and oxygen atoms in total. The molecule has 86 valence electrons. The van der Waals surface area contributed by atoms with Crippen LogP contribution in [0.5, 0.6) is 0 Å². The van der Waals surface area contributed by atoms with Crippen LogP contribution >= 0.6 is 0 Å². The van der Waals surface area contributed by atoms with Gasteiger partial charge in [-0.3, -0.25) is 4.49 Å². The Hall–Kier alpha value is -1.09. The SMILES string of the molecule is CC1=[N+]2B(O[C@@H]3CCCC[C@@H]32)c2ccccc21. The van der Waals surface area contributed by atoms with E-state index in [2.05, 4.69) is 35.7 Å². The van der Waals surface area contributed by atoms with Gasteiger partial charge in [0.2, 0.25) is 0 Å². The van der Waals surface area contributed by atoms with Crippen molar-refractivity contribution in [2.24, 2.45) is 0 Å². The van der Waals surface area contributed by atoms with Gasteiger partial charge in [-0.05, 0) is 18.9 Å². The molecule has 2 atom stereocenters. The van der Waals surface area contributed by atoms with Gasteiger partial charge in [0, 0.05) is 24.4 Å².